The minimum atomic E-state index is -3.54. The first-order chi connectivity index (χ1) is 14.5. The van der Waals surface area contributed by atoms with E-state index in [2.05, 4.69) is 15.8 Å². The second-order valence-electron chi connectivity index (χ2n) is 6.88. The Bertz CT molecular complexity index is 999. The van der Waals surface area contributed by atoms with E-state index in [9.17, 15) is 18.0 Å². The van der Waals surface area contributed by atoms with Crippen LogP contribution in [0.2, 0.25) is 0 Å². The molecule has 0 saturated carbocycles. The summed E-state index contributed by atoms with van der Waals surface area (Å²) in [4.78, 5) is 24.2. The zero-order chi connectivity index (χ0) is 21.4. The number of hydrazone groups is 1. The highest BCUT2D eigenvalue weighted by Gasteiger charge is 2.25. The van der Waals surface area contributed by atoms with Crippen molar-refractivity contribution in [3.8, 4) is 0 Å². The molecule has 2 aromatic carbocycles. The molecule has 1 aliphatic rings. The molecule has 2 N–H and O–H groups in total. The molecule has 0 aromatic heterocycles. The summed E-state index contributed by atoms with van der Waals surface area (Å²) in [7, 11) is -3.54. The van der Waals surface area contributed by atoms with E-state index in [1.54, 1.807) is 0 Å². The molecule has 0 bridgehead atoms. The normalized spacial score (nSPS) is 15.1. The van der Waals surface area contributed by atoms with Gasteiger partial charge in [0.05, 0.1) is 17.7 Å². The average molecular weight is 429 g/mol. The quantitative estimate of drug-likeness (QED) is 0.517. The minimum Gasteiger partial charge on any atom is -0.343 e. The van der Waals surface area contributed by atoms with Crippen molar-refractivity contribution in [3.63, 3.8) is 0 Å². The Morgan fingerprint density at radius 2 is 1.63 bits per heavy atom. The number of carbonyl (C=O) groups is 2. The van der Waals surface area contributed by atoms with E-state index in [0.717, 1.165) is 24.8 Å². The summed E-state index contributed by atoms with van der Waals surface area (Å²) in [5.41, 5.74) is 3.44. The summed E-state index contributed by atoms with van der Waals surface area (Å²) in [5.74, 6) is -0.945. The molecule has 8 nitrogen and oxygen atoms in total. The van der Waals surface area contributed by atoms with Crippen molar-refractivity contribution >= 4 is 28.1 Å². The maximum absolute atomic E-state index is 12.6. The van der Waals surface area contributed by atoms with E-state index in [1.165, 1.54) is 34.8 Å². The zero-order valence-electron chi connectivity index (χ0n) is 16.5. The molecule has 0 radical (unpaired) electrons. The molecule has 3 rings (SSSR count). The molecular weight excluding hydrogens is 404 g/mol. The fraction of sp³-hybridized carbons (Fsp3) is 0.286. The number of nitrogens with one attached hydrogen (secondary N) is 2. The van der Waals surface area contributed by atoms with Crippen LogP contribution in [0.25, 0.3) is 0 Å². The molecule has 2 amide bonds. The first kappa shape index (κ1) is 21.7. The van der Waals surface area contributed by atoms with Gasteiger partial charge in [-0.15, -0.1) is 0 Å². The van der Waals surface area contributed by atoms with Gasteiger partial charge in [-0.25, -0.2) is 13.8 Å². The number of nitrogens with zero attached hydrogens (tertiary/aromatic N) is 2. The van der Waals surface area contributed by atoms with Crippen molar-refractivity contribution in [1.29, 1.82) is 0 Å². The van der Waals surface area contributed by atoms with E-state index in [-0.39, 0.29) is 17.0 Å². The predicted octanol–water partition coefficient (Wildman–Crippen LogP) is 1.74. The standard InChI is InChI=1S/C21H24N4O4S/c26-20(24-23-15-17-7-3-1-4-8-17)16-22-21(27)18-9-11-19(12-10-18)30(28,29)25-13-5-2-6-14-25/h1,3-4,7-12,15H,2,5-6,13-14,16H2,(H,22,27)(H,24,26)/b23-15+. The van der Waals surface area contributed by atoms with Gasteiger partial charge in [0.1, 0.15) is 0 Å². The second kappa shape index (κ2) is 10.1. The number of sulfonamides is 1. The lowest BCUT2D eigenvalue weighted by Crippen LogP contribution is -2.36. The summed E-state index contributed by atoms with van der Waals surface area (Å²) in [5, 5.41) is 6.31. The third kappa shape index (κ3) is 5.74. The average Bonchev–Trinajstić information content (AvgIpc) is 2.79. The fourth-order valence-corrected chi connectivity index (χ4v) is 4.57. The van der Waals surface area contributed by atoms with E-state index >= 15 is 0 Å². The topological polar surface area (TPSA) is 108 Å². The van der Waals surface area contributed by atoms with Crippen LogP contribution in [-0.4, -0.2) is 50.4 Å². The molecule has 0 atom stereocenters. The van der Waals surface area contributed by atoms with Gasteiger partial charge in [-0.2, -0.15) is 9.41 Å². The van der Waals surface area contributed by atoms with Gasteiger partial charge in [-0.1, -0.05) is 36.8 Å². The van der Waals surface area contributed by atoms with Gasteiger partial charge in [-0.3, -0.25) is 9.59 Å². The fourth-order valence-electron chi connectivity index (χ4n) is 3.05. The van der Waals surface area contributed by atoms with Crippen LogP contribution in [0.1, 0.15) is 35.2 Å². The number of carbonyl (C=O) groups excluding carboxylic acids is 2. The van der Waals surface area contributed by atoms with Crippen LogP contribution in [0.15, 0.2) is 64.6 Å². The largest absolute Gasteiger partial charge is 0.343 e. The van der Waals surface area contributed by atoms with Gasteiger partial charge < -0.3 is 5.32 Å². The highest BCUT2D eigenvalue weighted by Crippen LogP contribution is 2.20. The Balaban J connectivity index is 1.50. The molecule has 1 fully saturated rings. The molecule has 30 heavy (non-hydrogen) atoms. The second-order valence-corrected chi connectivity index (χ2v) is 8.81. The van der Waals surface area contributed by atoms with Gasteiger partial charge in [0, 0.05) is 18.7 Å². The molecule has 0 spiro atoms. The van der Waals surface area contributed by atoms with Gasteiger partial charge in [0.25, 0.3) is 11.8 Å². The lowest BCUT2D eigenvalue weighted by Gasteiger charge is -2.25. The molecule has 9 heteroatoms. The lowest BCUT2D eigenvalue weighted by atomic mass is 10.2. The Labute approximate surface area is 176 Å². The Hall–Kier alpha value is -3.04. The number of rotatable bonds is 7. The Morgan fingerprint density at radius 1 is 0.967 bits per heavy atom. The Morgan fingerprint density at radius 3 is 2.30 bits per heavy atom. The summed E-state index contributed by atoms with van der Waals surface area (Å²) < 4.78 is 26.8. The number of benzene rings is 2. The molecular formula is C21H24N4O4S. The van der Waals surface area contributed by atoms with Crippen LogP contribution in [0.3, 0.4) is 0 Å². The zero-order valence-corrected chi connectivity index (χ0v) is 17.3. The minimum absolute atomic E-state index is 0.161. The molecule has 1 saturated heterocycles. The molecule has 0 unspecified atom stereocenters. The molecule has 0 aliphatic carbocycles. The number of hydrogen-bond acceptors (Lipinski definition) is 5. The summed E-state index contributed by atoms with van der Waals surface area (Å²) in [6.45, 7) is 0.789. The SMILES string of the molecule is O=C(CNC(=O)c1ccc(S(=O)(=O)N2CCCCC2)cc1)N/N=C/c1ccccc1. The van der Waals surface area contributed by atoms with Crippen molar-refractivity contribution < 1.29 is 18.0 Å². The van der Waals surface area contributed by atoms with E-state index in [4.69, 9.17) is 0 Å². The van der Waals surface area contributed by atoms with Crippen LogP contribution in [0, 0.1) is 0 Å². The highest BCUT2D eigenvalue weighted by molar-refractivity contribution is 7.89. The monoisotopic (exact) mass is 428 g/mol. The maximum atomic E-state index is 12.6. The first-order valence-corrected chi connectivity index (χ1v) is 11.2. The smallest absolute Gasteiger partial charge is 0.259 e. The van der Waals surface area contributed by atoms with Crippen LogP contribution in [-0.2, 0) is 14.8 Å². The van der Waals surface area contributed by atoms with Crippen molar-refractivity contribution in [1.82, 2.24) is 15.0 Å². The lowest BCUT2D eigenvalue weighted by molar-refractivity contribution is -0.120. The Kier molecular flexibility index (Phi) is 7.31. The van der Waals surface area contributed by atoms with Crippen LogP contribution in [0.4, 0.5) is 0 Å². The van der Waals surface area contributed by atoms with Gasteiger partial charge in [0.2, 0.25) is 10.0 Å². The molecule has 1 aliphatic heterocycles. The molecule has 1 heterocycles. The van der Waals surface area contributed by atoms with Crippen LogP contribution in [0.5, 0.6) is 0 Å². The van der Waals surface area contributed by atoms with Gasteiger partial charge in [0.15, 0.2) is 0 Å². The predicted molar refractivity (Wildman–Crippen MR) is 114 cm³/mol. The number of amides is 2. The molecule has 2 aromatic rings. The van der Waals surface area contributed by atoms with E-state index < -0.39 is 21.8 Å². The summed E-state index contributed by atoms with van der Waals surface area (Å²) >= 11 is 0. The highest BCUT2D eigenvalue weighted by atomic mass is 32.2. The summed E-state index contributed by atoms with van der Waals surface area (Å²) in [6.07, 6.45) is 4.26. The number of hydrogen-bond donors (Lipinski definition) is 2. The van der Waals surface area contributed by atoms with Crippen molar-refractivity contribution in [2.75, 3.05) is 19.6 Å². The third-order valence-corrected chi connectivity index (χ3v) is 6.59. The van der Waals surface area contributed by atoms with Crippen molar-refractivity contribution in [2.24, 2.45) is 5.10 Å². The van der Waals surface area contributed by atoms with Crippen molar-refractivity contribution in [2.45, 2.75) is 24.2 Å². The van der Waals surface area contributed by atoms with Gasteiger partial charge >= 0.3 is 0 Å². The summed E-state index contributed by atoms with van der Waals surface area (Å²) in [6, 6.07) is 15.0. The molecule has 158 valence electrons. The number of piperidine rings is 1. The van der Waals surface area contributed by atoms with E-state index in [0.29, 0.717) is 13.1 Å². The van der Waals surface area contributed by atoms with Gasteiger partial charge in [-0.05, 0) is 42.7 Å². The third-order valence-electron chi connectivity index (χ3n) is 4.68. The van der Waals surface area contributed by atoms with Crippen LogP contribution >= 0.6 is 0 Å². The van der Waals surface area contributed by atoms with Crippen molar-refractivity contribution in [3.05, 3.63) is 65.7 Å². The first-order valence-electron chi connectivity index (χ1n) is 9.72. The maximum Gasteiger partial charge on any atom is 0.259 e. The van der Waals surface area contributed by atoms with Crippen LogP contribution < -0.4 is 10.7 Å². The van der Waals surface area contributed by atoms with E-state index in [1.807, 2.05) is 30.3 Å².